The molecular weight excluding hydrogens is 170 g/mol. The molecule has 1 nitrogen and oxygen atoms in total. The molecule has 0 aliphatic heterocycles. The molecule has 0 aromatic heterocycles. The van der Waals surface area contributed by atoms with Gasteiger partial charge in [-0.2, -0.15) is 0 Å². The van der Waals surface area contributed by atoms with Crippen molar-refractivity contribution in [1.82, 2.24) is 5.32 Å². The monoisotopic (exact) mass is 195 g/mol. The van der Waals surface area contributed by atoms with E-state index in [9.17, 15) is 0 Å². The van der Waals surface area contributed by atoms with E-state index in [1.165, 1.54) is 57.9 Å². The summed E-state index contributed by atoms with van der Waals surface area (Å²) in [5.41, 5.74) is 0. The second-order valence-corrected chi connectivity index (χ2v) is 5.47. The molecule has 2 rings (SSSR count). The van der Waals surface area contributed by atoms with Crippen molar-refractivity contribution < 1.29 is 0 Å². The number of hydrogen-bond acceptors (Lipinski definition) is 1. The molecule has 0 saturated heterocycles. The molecule has 1 unspecified atom stereocenters. The molecule has 0 aromatic rings. The van der Waals surface area contributed by atoms with Crippen LogP contribution in [-0.2, 0) is 0 Å². The van der Waals surface area contributed by atoms with Crippen LogP contribution in [0.1, 0.15) is 58.3 Å². The van der Waals surface area contributed by atoms with Gasteiger partial charge < -0.3 is 5.32 Å². The summed E-state index contributed by atoms with van der Waals surface area (Å²) in [6.45, 7) is 3.62. The molecule has 2 saturated carbocycles. The van der Waals surface area contributed by atoms with Gasteiger partial charge in [0.25, 0.3) is 0 Å². The largest absolute Gasteiger partial charge is 0.314 e. The van der Waals surface area contributed by atoms with Crippen molar-refractivity contribution in [3.05, 3.63) is 0 Å². The van der Waals surface area contributed by atoms with Gasteiger partial charge in [0.1, 0.15) is 0 Å². The molecule has 1 N–H and O–H groups in total. The van der Waals surface area contributed by atoms with Crippen LogP contribution in [0.2, 0.25) is 0 Å². The minimum Gasteiger partial charge on any atom is -0.314 e. The van der Waals surface area contributed by atoms with Crippen LogP contribution in [0.3, 0.4) is 0 Å². The molecule has 82 valence electrons. The van der Waals surface area contributed by atoms with Crippen LogP contribution in [0.4, 0.5) is 0 Å². The van der Waals surface area contributed by atoms with Crippen LogP contribution >= 0.6 is 0 Å². The fourth-order valence-electron chi connectivity index (χ4n) is 2.77. The first kappa shape index (κ1) is 10.5. The van der Waals surface area contributed by atoms with Gasteiger partial charge in [0.05, 0.1) is 0 Å². The lowest BCUT2D eigenvalue weighted by molar-refractivity contribution is 0.429. The average molecular weight is 195 g/mol. The molecule has 2 aliphatic rings. The van der Waals surface area contributed by atoms with Gasteiger partial charge in [0, 0.05) is 6.04 Å². The van der Waals surface area contributed by atoms with Gasteiger partial charge >= 0.3 is 0 Å². The minimum absolute atomic E-state index is 0.768. The summed E-state index contributed by atoms with van der Waals surface area (Å²) in [7, 11) is 0. The molecule has 0 bridgehead atoms. The molecule has 0 heterocycles. The van der Waals surface area contributed by atoms with Gasteiger partial charge in [0.2, 0.25) is 0 Å². The van der Waals surface area contributed by atoms with Crippen LogP contribution in [-0.4, -0.2) is 12.6 Å². The third kappa shape index (κ3) is 3.61. The third-order valence-corrected chi connectivity index (χ3v) is 3.90. The summed E-state index contributed by atoms with van der Waals surface area (Å²) in [5.74, 6) is 2.12. The van der Waals surface area contributed by atoms with Gasteiger partial charge in [0.15, 0.2) is 0 Å². The number of rotatable bonds is 6. The summed E-state index contributed by atoms with van der Waals surface area (Å²) in [5, 5.41) is 3.68. The maximum absolute atomic E-state index is 3.68. The van der Waals surface area contributed by atoms with E-state index in [2.05, 4.69) is 12.2 Å². The number of hydrogen-bond donors (Lipinski definition) is 1. The lowest BCUT2D eigenvalue weighted by Crippen LogP contribution is -2.28. The van der Waals surface area contributed by atoms with E-state index in [1.54, 1.807) is 0 Å². The minimum atomic E-state index is 0.768. The van der Waals surface area contributed by atoms with Crippen LogP contribution in [0.5, 0.6) is 0 Å². The summed E-state index contributed by atoms with van der Waals surface area (Å²) in [6, 6.07) is 0.768. The SMILES string of the molecule is CC(CC1CC1)NCCC1CCCC1. The van der Waals surface area contributed by atoms with Crippen molar-refractivity contribution in [3.63, 3.8) is 0 Å². The summed E-state index contributed by atoms with van der Waals surface area (Å²) in [4.78, 5) is 0. The molecule has 2 aliphatic carbocycles. The van der Waals surface area contributed by atoms with Crippen molar-refractivity contribution in [1.29, 1.82) is 0 Å². The molecule has 1 heteroatoms. The summed E-state index contributed by atoms with van der Waals surface area (Å²) < 4.78 is 0. The molecule has 2 fully saturated rings. The van der Waals surface area contributed by atoms with Crippen molar-refractivity contribution in [2.24, 2.45) is 11.8 Å². The Morgan fingerprint density at radius 2 is 1.79 bits per heavy atom. The Kier molecular flexibility index (Phi) is 3.86. The molecule has 14 heavy (non-hydrogen) atoms. The topological polar surface area (TPSA) is 12.0 Å². The van der Waals surface area contributed by atoms with Crippen molar-refractivity contribution in [2.45, 2.75) is 64.3 Å². The van der Waals surface area contributed by atoms with E-state index in [-0.39, 0.29) is 0 Å². The van der Waals surface area contributed by atoms with Crippen LogP contribution < -0.4 is 5.32 Å². The van der Waals surface area contributed by atoms with E-state index >= 15 is 0 Å². The van der Waals surface area contributed by atoms with Crippen LogP contribution in [0, 0.1) is 11.8 Å². The molecule has 1 atom stereocenters. The van der Waals surface area contributed by atoms with E-state index < -0.39 is 0 Å². The molecular formula is C13H25N. The highest BCUT2D eigenvalue weighted by molar-refractivity contribution is 4.78. The Bertz CT molecular complexity index is 157. The lowest BCUT2D eigenvalue weighted by atomic mass is 10.0. The normalized spacial score (nSPS) is 25.5. The Morgan fingerprint density at radius 1 is 1.07 bits per heavy atom. The summed E-state index contributed by atoms with van der Waals surface area (Å²) >= 11 is 0. The Morgan fingerprint density at radius 3 is 2.43 bits per heavy atom. The predicted octanol–water partition coefficient (Wildman–Crippen LogP) is 3.34. The Hall–Kier alpha value is -0.0400. The average Bonchev–Trinajstić information content (AvgIpc) is 2.82. The predicted molar refractivity (Wildman–Crippen MR) is 61.4 cm³/mol. The van der Waals surface area contributed by atoms with Gasteiger partial charge in [-0.3, -0.25) is 0 Å². The molecule has 0 radical (unpaired) electrons. The second-order valence-electron chi connectivity index (χ2n) is 5.47. The zero-order valence-corrected chi connectivity index (χ0v) is 9.60. The van der Waals surface area contributed by atoms with E-state index in [0.29, 0.717) is 0 Å². The highest BCUT2D eigenvalue weighted by Gasteiger charge is 2.23. The maximum Gasteiger partial charge on any atom is 0.00413 e. The van der Waals surface area contributed by atoms with E-state index in [0.717, 1.165) is 17.9 Å². The zero-order valence-electron chi connectivity index (χ0n) is 9.60. The first-order valence-electron chi connectivity index (χ1n) is 6.58. The first-order chi connectivity index (χ1) is 6.84. The third-order valence-electron chi connectivity index (χ3n) is 3.90. The molecule has 0 aromatic carbocycles. The van der Waals surface area contributed by atoms with Crippen molar-refractivity contribution in [2.75, 3.05) is 6.54 Å². The van der Waals surface area contributed by atoms with Crippen LogP contribution in [0.25, 0.3) is 0 Å². The zero-order chi connectivity index (χ0) is 9.80. The Balaban J connectivity index is 1.48. The molecule has 0 spiro atoms. The van der Waals surface area contributed by atoms with Crippen LogP contribution in [0.15, 0.2) is 0 Å². The fraction of sp³-hybridized carbons (Fsp3) is 1.00. The summed E-state index contributed by atoms with van der Waals surface area (Å²) in [6.07, 6.45) is 11.8. The van der Waals surface area contributed by atoms with Crippen molar-refractivity contribution >= 4 is 0 Å². The van der Waals surface area contributed by atoms with Gasteiger partial charge in [-0.05, 0) is 38.1 Å². The quantitative estimate of drug-likeness (QED) is 0.685. The van der Waals surface area contributed by atoms with Gasteiger partial charge in [-0.25, -0.2) is 0 Å². The second kappa shape index (κ2) is 5.16. The Labute approximate surface area is 88.7 Å². The van der Waals surface area contributed by atoms with E-state index in [4.69, 9.17) is 0 Å². The first-order valence-corrected chi connectivity index (χ1v) is 6.58. The van der Waals surface area contributed by atoms with E-state index in [1.807, 2.05) is 0 Å². The van der Waals surface area contributed by atoms with Gasteiger partial charge in [-0.1, -0.05) is 38.5 Å². The highest BCUT2D eigenvalue weighted by atomic mass is 14.9. The smallest absolute Gasteiger partial charge is 0.00413 e. The molecule has 0 amide bonds. The lowest BCUT2D eigenvalue weighted by Gasteiger charge is -2.15. The van der Waals surface area contributed by atoms with Crippen molar-refractivity contribution in [3.8, 4) is 0 Å². The number of nitrogens with one attached hydrogen (secondary N) is 1. The highest BCUT2D eigenvalue weighted by Crippen LogP contribution is 2.33. The fourth-order valence-corrected chi connectivity index (χ4v) is 2.77. The standard InChI is InChI=1S/C13H25N/c1-11(10-13-6-7-13)14-9-8-12-4-2-3-5-12/h11-14H,2-10H2,1H3. The maximum atomic E-state index is 3.68. The van der Waals surface area contributed by atoms with Gasteiger partial charge in [-0.15, -0.1) is 0 Å².